The van der Waals surface area contributed by atoms with E-state index in [1.165, 1.54) is 6.07 Å². The van der Waals surface area contributed by atoms with E-state index in [9.17, 15) is 18.8 Å². The molecule has 1 aromatic carbocycles. The van der Waals surface area contributed by atoms with Crippen LogP contribution in [0.2, 0.25) is 0 Å². The van der Waals surface area contributed by atoms with Gasteiger partial charge in [0.15, 0.2) is 0 Å². The number of carbonyl (C=O) groups is 3. The molecule has 0 unspecified atom stereocenters. The Bertz CT molecular complexity index is 645. The third kappa shape index (κ3) is 4.63. The molecule has 0 heterocycles. The first-order valence-electron chi connectivity index (χ1n) is 8.22. The molecule has 0 spiro atoms. The lowest BCUT2D eigenvalue weighted by Gasteiger charge is -2.26. The van der Waals surface area contributed by atoms with E-state index in [1.807, 2.05) is 6.92 Å². The third-order valence-corrected chi connectivity index (χ3v) is 4.45. The van der Waals surface area contributed by atoms with Crippen molar-refractivity contribution in [1.82, 2.24) is 10.6 Å². The first kappa shape index (κ1) is 18.1. The first-order chi connectivity index (χ1) is 11.4. The minimum Gasteiger partial charge on any atom is -0.354 e. The van der Waals surface area contributed by atoms with Gasteiger partial charge in [0.1, 0.15) is 11.6 Å². The van der Waals surface area contributed by atoms with Gasteiger partial charge in [0.25, 0.3) is 5.91 Å². The third-order valence-electron chi connectivity index (χ3n) is 4.45. The minimum absolute atomic E-state index is 0.0522. The van der Waals surface area contributed by atoms with Crippen LogP contribution in [0.3, 0.4) is 0 Å². The highest BCUT2D eigenvalue weighted by molar-refractivity contribution is 5.94. The van der Waals surface area contributed by atoms with E-state index >= 15 is 0 Å². The molecule has 1 fully saturated rings. The standard InChI is InChI=1S/C18H23FN2O3/c1-11-3-4-13(10-16(11)19)17(23)20-7-8-21-18(24)15-6-5-14(22)9-12(15)2/h3-4,10,12,15H,5-9H2,1-2H3,(H,20,23)(H,21,24)/t12-,15+/m1/s1. The molecule has 24 heavy (non-hydrogen) atoms. The highest BCUT2D eigenvalue weighted by Gasteiger charge is 2.30. The highest BCUT2D eigenvalue weighted by atomic mass is 19.1. The van der Waals surface area contributed by atoms with Gasteiger partial charge < -0.3 is 10.6 Å². The summed E-state index contributed by atoms with van der Waals surface area (Å²) in [4.78, 5) is 35.4. The fraction of sp³-hybridized carbons (Fsp3) is 0.500. The number of hydrogen-bond acceptors (Lipinski definition) is 3. The molecule has 6 heteroatoms. The van der Waals surface area contributed by atoms with Crippen molar-refractivity contribution in [3.05, 3.63) is 35.1 Å². The lowest BCUT2D eigenvalue weighted by Crippen LogP contribution is -2.41. The van der Waals surface area contributed by atoms with E-state index in [1.54, 1.807) is 19.1 Å². The Kier molecular flexibility index (Phi) is 6.06. The van der Waals surface area contributed by atoms with Crippen LogP contribution in [0.25, 0.3) is 0 Å². The van der Waals surface area contributed by atoms with Crippen molar-refractivity contribution in [2.24, 2.45) is 11.8 Å². The maximum atomic E-state index is 13.4. The molecule has 1 saturated carbocycles. The number of halogens is 1. The molecule has 0 bridgehead atoms. The van der Waals surface area contributed by atoms with E-state index in [0.29, 0.717) is 31.4 Å². The maximum Gasteiger partial charge on any atom is 0.251 e. The molecule has 1 aliphatic carbocycles. The monoisotopic (exact) mass is 334 g/mol. The van der Waals surface area contributed by atoms with Crippen molar-refractivity contribution < 1.29 is 18.8 Å². The van der Waals surface area contributed by atoms with E-state index in [-0.39, 0.29) is 41.5 Å². The molecule has 2 N–H and O–H groups in total. The predicted molar refractivity (Wildman–Crippen MR) is 88.0 cm³/mol. The van der Waals surface area contributed by atoms with Crippen molar-refractivity contribution in [2.75, 3.05) is 13.1 Å². The fourth-order valence-electron chi connectivity index (χ4n) is 2.92. The van der Waals surface area contributed by atoms with Crippen LogP contribution in [0, 0.1) is 24.6 Å². The van der Waals surface area contributed by atoms with E-state index in [4.69, 9.17) is 0 Å². The van der Waals surface area contributed by atoms with Crippen molar-refractivity contribution in [2.45, 2.75) is 33.1 Å². The predicted octanol–water partition coefficient (Wildman–Crippen LogP) is 1.99. The van der Waals surface area contributed by atoms with Gasteiger partial charge in [-0.2, -0.15) is 0 Å². The molecule has 2 atom stereocenters. The summed E-state index contributed by atoms with van der Waals surface area (Å²) in [5.74, 6) is -0.757. The van der Waals surface area contributed by atoms with Gasteiger partial charge >= 0.3 is 0 Å². The lowest BCUT2D eigenvalue weighted by atomic mass is 9.79. The Hall–Kier alpha value is -2.24. The normalized spacial score (nSPS) is 20.5. The number of Topliss-reactive ketones (excluding diaryl/α,β-unsaturated/α-hetero) is 1. The summed E-state index contributed by atoms with van der Waals surface area (Å²) in [6.07, 6.45) is 1.49. The number of aryl methyl sites for hydroxylation is 1. The molecule has 2 rings (SSSR count). The number of amides is 2. The van der Waals surface area contributed by atoms with Crippen LogP contribution in [0.4, 0.5) is 4.39 Å². The Morgan fingerprint density at radius 3 is 2.62 bits per heavy atom. The smallest absolute Gasteiger partial charge is 0.251 e. The van der Waals surface area contributed by atoms with Gasteiger partial charge in [0.2, 0.25) is 5.91 Å². The first-order valence-corrected chi connectivity index (χ1v) is 8.22. The second-order valence-corrected chi connectivity index (χ2v) is 6.38. The summed E-state index contributed by atoms with van der Waals surface area (Å²) in [6.45, 7) is 4.11. The van der Waals surface area contributed by atoms with Gasteiger partial charge in [-0.1, -0.05) is 13.0 Å². The molecule has 5 nitrogen and oxygen atoms in total. The summed E-state index contributed by atoms with van der Waals surface area (Å²) in [7, 11) is 0. The zero-order chi connectivity index (χ0) is 17.7. The average Bonchev–Trinajstić information content (AvgIpc) is 2.53. The largest absolute Gasteiger partial charge is 0.354 e. The molecule has 2 amide bonds. The number of ketones is 1. The molecule has 0 saturated heterocycles. The van der Waals surface area contributed by atoms with E-state index in [0.717, 1.165) is 0 Å². The quantitative estimate of drug-likeness (QED) is 0.809. The summed E-state index contributed by atoms with van der Waals surface area (Å²) < 4.78 is 13.4. The van der Waals surface area contributed by atoms with E-state index in [2.05, 4.69) is 10.6 Å². The van der Waals surface area contributed by atoms with Gasteiger partial charge in [-0.15, -0.1) is 0 Å². The zero-order valence-electron chi connectivity index (χ0n) is 14.0. The van der Waals surface area contributed by atoms with Crippen LogP contribution in [0.15, 0.2) is 18.2 Å². The second-order valence-electron chi connectivity index (χ2n) is 6.38. The van der Waals surface area contributed by atoms with Gasteiger partial charge in [-0.05, 0) is 37.0 Å². The topological polar surface area (TPSA) is 75.3 Å². The summed E-state index contributed by atoms with van der Waals surface area (Å²) >= 11 is 0. The molecule has 0 aliphatic heterocycles. The Morgan fingerprint density at radius 1 is 1.25 bits per heavy atom. The van der Waals surface area contributed by atoms with Gasteiger partial charge in [0.05, 0.1) is 0 Å². The van der Waals surface area contributed by atoms with Crippen LogP contribution >= 0.6 is 0 Å². The Balaban J connectivity index is 1.74. The SMILES string of the molecule is Cc1ccc(C(=O)NCCNC(=O)[C@H]2CCC(=O)C[C@H]2C)cc1F. The fourth-order valence-corrected chi connectivity index (χ4v) is 2.92. The highest BCUT2D eigenvalue weighted by Crippen LogP contribution is 2.27. The Labute approximate surface area is 141 Å². The van der Waals surface area contributed by atoms with Gasteiger partial charge in [0, 0.05) is 37.4 Å². The van der Waals surface area contributed by atoms with E-state index < -0.39 is 5.82 Å². The second kappa shape index (κ2) is 8.04. The van der Waals surface area contributed by atoms with Crippen LogP contribution in [-0.2, 0) is 9.59 Å². The molecule has 0 radical (unpaired) electrons. The minimum atomic E-state index is -0.420. The average molecular weight is 334 g/mol. The number of benzene rings is 1. The van der Waals surface area contributed by atoms with Crippen molar-refractivity contribution in [1.29, 1.82) is 0 Å². The Morgan fingerprint density at radius 2 is 1.96 bits per heavy atom. The zero-order valence-corrected chi connectivity index (χ0v) is 14.0. The van der Waals surface area contributed by atoms with Crippen molar-refractivity contribution in [3.63, 3.8) is 0 Å². The summed E-state index contributed by atoms with van der Waals surface area (Å²) in [6, 6.07) is 4.31. The van der Waals surface area contributed by atoms with Gasteiger partial charge in [-0.25, -0.2) is 4.39 Å². The number of carbonyl (C=O) groups excluding carboxylic acids is 3. The number of rotatable bonds is 5. The molecular formula is C18H23FN2O3. The van der Waals surface area contributed by atoms with Crippen LogP contribution in [-0.4, -0.2) is 30.7 Å². The molecular weight excluding hydrogens is 311 g/mol. The van der Waals surface area contributed by atoms with Crippen molar-refractivity contribution in [3.8, 4) is 0 Å². The van der Waals surface area contributed by atoms with Crippen LogP contribution < -0.4 is 10.6 Å². The van der Waals surface area contributed by atoms with Crippen molar-refractivity contribution >= 4 is 17.6 Å². The molecule has 0 aromatic heterocycles. The molecule has 130 valence electrons. The van der Waals surface area contributed by atoms with Crippen LogP contribution in [0.5, 0.6) is 0 Å². The molecule has 1 aromatic rings. The molecule has 1 aliphatic rings. The van der Waals surface area contributed by atoms with Gasteiger partial charge in [-0.3, -0.25) is 14.4 Å². The summed E-state index contributed by atoms with van der Waals surface area (Å²) in [5.41, 5.74) is 0.739. The number of hydrogen-bond donors (Lipinski definition) is 2. The lowest BCUT2D eigenvalue weighted by molar-refractivity contribution is -0.130. The van der Waals surface area contributed by atoms with Crippen LogP contribution in [0.1, 0.15) is 42.1 Å². The summed E-state index contributed by atoms with van der Waals surface area (Å²) in [5, 5.41) is 5.43. The number of nitrogens with one attached hydrogen (secondary N) is 2. The maximum absolute atomic E-state index is 13.4.